The lowest BCUT2D eigenvalue weighted by atomic mass is 10.1. The van der Waals surface area contributed by atoms with Gasteiger partial charge < -0.3 is 15.2 Å². The van der Waals surface area contributed by atoms with Crippen LogP contribution in [0.4, 0.5) is 4.39 Å². The van der Waals surface area contributed by atoms with Crippen LogP contribution >= 0.6 is 0 Å². The first-order chi connectivity index (χ1) is 12.3. The molecule has 1 fully saturated rings. The first-order valence-electron chi connectivity index (χ1n) is 8.21. The summed E-state index contributed by atoms with van der Waals surface area (Å²) < 4.78 is 42.8. The summed E-state index contributed by atoms with van der Waals surface area (Å²) in [5.74, 6) is -0.775. The Morgan fingerprint density at radius 3 is 2.81 bits per heavy atom. The summed E-state index contributed by atoms with van der Waals surface area (Å²) >= 11 is 0. The van der Waals surface area contributed by atoms with Gasteiger partial charge in [0.2, 0.25) is 10.0 Å². The van der Waals surface area contributed by atoms with Crippen molar-refractivity contribution in [2.75, 3.05) is 26.7 Å². The van der Waals surface area contributed by atoms with E-state index in [0.29, 0.717) is 18.7 Å². The van der Waals surface area contributed by atoms with E-state index in [0.717, 1.165) is 0 Å². The number of aromatic nitrogens is 1. The molecule has 7 nitrogen and oxygen atoms in total. The van der Waals surface area contributed by atoms with Crippen LogP contribution < -0.4 is 10.6 Å². The van der Waals surface area contributed by atoms with E-state index < -0.39 is 21.9 Å². The largest absolute Gasteiger partial charge is 0.354 e. The molecule has 26 heavy (non-hydrogen) atoms. The predicted molar refractivity (Wildman–Crippen MR) is 94.7 cm³/mol. The monoisotopic (exact) mass is 380 g/mol. The van der Waals surface area contributed by atoms with Crippen LogP contribution in [0.1, 0.15) is 22.1 Å². The first kappa shape index (κ1) is 18.6. The Morgan fingerprint density at radius 1 is 1.35 bits per heavy atom. The minimum atomic E-state index is -3.85. The number of rotatable bonds is 4. The Bertz CT molecular complexity index is 926. The number of piperazine rings is 1. The van der Waals surface area contributed by atoms with E-state index in [1.807, 2.05) is 0 Å². The van der Waals surface area contributed by atoms with Gasteiger partial charge >= 0.3 is 0 Å². The van der Waals surface area contributed by atoms with E-state index in [1.165, 1.54) is 40.3 Å². The highest BCUT2D eigenvalue weighted by Gasteiger charge is 2.35. The topological polar surface area (TPSA) is 83.4 Å². The van der Waals surface area contributed by atoms with Crippen molar-refractivity contribution in [3.05, 3.63) is 53.6 Å². The molecule has 0 saturated carbocycles. The highest BCUT2D eigenvalue weighted by atomic mass is 32.2. The summed E-state index contributed by atoms with van der Waals surface area (Å²) in [4.78, 5) is 11.9. The quantitative estimate of drug-likeness (QED) is 0.824. The lowest BCUT2D eigenvalue weighted by Crippen LogP contribution is -2.48. The van der Waals surface area contributed by atoms with Gasteiger partial charge in [0.25, 0.3) is 5.91 Å². The van der Waals surface area contributed by atoms with E-state index in [1.54, 1.807) is 19.2 Å². The van der Waals surface area contributed by atoms with Crippen molar-refractivity contribution < 1.29 is 17.6 Å². The van der Waals surface area contributed by atoms with Gasteiger partial charge in [-0.1, -0.05) is 12.1 Å². The van der Waals surface area contributed by atoms with Crippen LogP contribution in [0.2, 0.25) is 0 Å². The summed E-state index contributed by atoms with van der Waals surface area (Å²) in [6.45, 7) is 1.14. The molecule has 0 spiro atoms. The molecule has 0 aliphatic carbocycles. The highest BCUT2D eigenvalue weighted by molar-refractivity contribution is 7.89. The fourth-order valence-electron chi connectivity index (χ4n) is 3.14. The van der Waals surface area contributed by atoms with Crippen LogP contribution in [0, 0.1) is 5.82 Å². The smallest absolute Gasteiger partial charge is 0.267 e. The number of halogens is 1. The number of carbonyl (C=O) groups excluding carboxylic acids is 1. The average molecular weight is 380 g/mol. The SMILES string of the molecule is CNC(=O)c1cc(S(=O)(=O)N2CCNCC2c2cccc(F)c2)cn1C. The zero-order valence-corrected chi connectivity index (χ0v) is 15.4. The third-order valence-corrected chi connectivity index (χ3v) is 6.35. The van der Waals surface area contributed by atoms with Crippen LogP contribution in [-0.4, -0.2) is 49.9 Å². The summed E-state index contributed by atoms with van der Waals surface area (Å²) in [6.07, 6.45) is 1.42. The van der Waals surface area contributed by atoms with Gasteiger partial charge in [-0.2, -0.15) is 4.31 Å². The van der Waals surface area contributed by atoms with Crippen molar-refractivity contribution >= 4 is 15.9 Å². The maximum atomic E-state index is 13.6. The lowest BCUT2D eigenvalue weighted by Gasteiger charge is -2.35. The molecule has 1 aromatic heterocycles. The number of nitrogens with zero attached hydrogens (tertiary/aromatic N) is 2. The molecule has 1 saturated heterocycles. The molecule has 9 heteroatoms. The van der Waals surface area contributed by atoms with Gasteiger partial charge in [0, 0.05) is 39.9 Å². The molecule has 1 amide bonds. The number of nitrogens with one attached hydrogen (secondary N) is 2. The minimum absolute atomic E-state index is 0.0434. The molecular formula is C17H21FN4O3S. The summed E-state index contributed by atoms with van der Waals surface area (Å²) in [5.41, 5.74) is 0.840. The maximum absolute atomic E-state index is 13.6. The Morgan fingerprint density at radius 2 is 2.12 bits per heavy atom. The van der Waals surface area contributed by atoms with E-state index >= 15 is 0 Å². The van der Waals surface area contributed by atoms with Crippen molar-refractivity contribution in [2.45, 2.75) is 10.9 Å². The molecule has 1 unspecified atom stereocenters. The molecule has 1 atom stereocenters. The third kappa shape index (κ3) is 3.37. The molecule has 1 aliphatic rings. The standard InChI is InChI=1S/C17H21FN4O3S/c1-19-17(23)15-9-14(11-21(15)2)26(24,25)22-7-6-20-10-16(22)12-4-3-5-13(18)8-12/h3-5,8-9,11,16,20H,6-7,10H2,1-2H3,(H,19,23). The van der Waals surface area contributed by atoms with Crippen molar-refractivity contribution in [3.63, 3.8) is 0 Å². The molecule has 1 aromatic carbocycles. The van der Waals surface area contributed by atoms with Gasteiger partial charge in [-0.05, 0) is 23.8 Å². The van der Waals surface area contributed by atoms with Crippen molar-refractivity contribution in [1.29, 1.82) is 0 Å². The number of benzene rings is 1. The molecule has 2 N–H and O–H groups in total. The lowest BCUT2D eigenvalue weighted by molar-refractivity contribution is 0.0955. The number of sulfonamides is 1. The van der Waals surface area contributed by atoms with E-state index in [-0.39, 0.29) is 23.0 Å². The molecule has 2 aromatic rings. The molecule has 1 aliphatic heterocycles. The van der Waals surface area contributed by atoms with Gasteiger partial charge in [-0.25, -0.2) is 12.8 Å². The second-order valence-corrected chi connectivity index (χ2v) is 8.03. The zero-order valence-electron chi connectivity index (χ0n) is 14.6. The van der Waals surface area contributed by atoms with Gasteiger partial charge in [0.15, 0.2) is 0 Å². The van der Waals surface area contributed by atoms with Crippen LogP contribution in [-0.2, 0) is 17.1 Å². The molecule has 140 valence electrons. The third-order valence-electron chi connectivity index (χ3n) is 4.47. The van der Waals surface area contributed by atoms with Crippen molar-refractivity contribution in [2.24, 2.45) is 7.05 Å². The molecule has 0 radical (unpaired) electrons. The molecule has 0 bridgehead atoms. The van der Waals surface area contributed by atoms with E-state index in [9.17, 15) is 17.6 Å². The average Bonchev–Trinajstić information content (AvgIpc) is 3.03. The zero-order chi connectivity index (χ0) is 18.9. The van der Waals surface area contributed by atoms with E-state index in [2.05, 4.69) is 10.6 Å². The van der Waals surface area contributed by atoms with Gasteiger partial charge in [0.05, 0.1) is 6.04 Å². The second-order valence-electron chi connectivity index (χ2n) is 6.14. The van der Waals surface area contributed by atoms with Gasteiger partial charge in [-0.3, -0.25) is 4.79 Å². The van der Waals surface area contributed by atoms with Crippen molar-refractivity contribution in [1.82, 2.24) is 19.5 Å². The molecule has 3 rings (SSSR count). The molecule has 2 heterocycles. The fraction of sp³-hybridized carbons (Fsp3) is 0.353. The maximum Gasteiger partial charge on any atom is 0.267 e. The Kier molecular flexibility index (Phi) is 5.12. The normalized spacial score (nSPS) is 18.7. The Hall–Kier alpha value is -2.23. The summed E-state index contributed by atoms with van der Waals surface area (Å²) in [6, 6.07) is 6.79. The number of hydrogen-bond donors (Lipinski definition) is 2. The summed E-state index contributed by atoms with van der Waals surface area (Å²) in [5, 5.41) is 5.64. The van der Waals surface area contributed by atoms with Crippen LogP contribution in [0.15, 0.2) is 41.4 Å². The van der Waals surface area contributed by atoms with Crippen LogP contribution in [0.3, 0.4) is 0 Å². The fourth-order valence-corrected chi connectivity index (χ4v) is 4.82. The van der Waals surface area contributed by atoms with Crippen LogP contribution in [0.25, 0.3) is 0 Å². The first-order valence-corrected chi connectivity index (χ1v) is 9.65. The Labute approximate surface area is 151 Å². The summed E-state index contributed by atoms with van der Waals surface area (Å²) in [7, 11) is -0.743. The predicted octanol–water partition coefficient (Wildman–Crippen LogP) is 0.859. The molecular weight excluding hydrogens is 359 g/mol. The number of carbonyl (C=O) groups is 1. The van der Waals surface area contributed by atoms with Gasteiger partial charge in [0.1, 0.15) is 16.4 Å². The highest BCUT2D eigenvalue weighted by Crippen LogP contribution is 2.30. The van der Waals surface area contributed by atoms with Gasteiger partial charge in [-0.15, -0.1) is 0 Å². The Balaban J connectivity index is 2.00. The number of aryl methyl sites for hydroxylation is 1. The second kappa shape index (κ2) is 7.18. The van der Waals surface area contributed by atoms with Crippen LogP contribution in [0.5, 0.6) is 0 Å². The van der Waals surface area contributed by atoms with Crippen molar-refractivity contribution in [3.8, 4) is 0 Å². The minimum Gasteiger partial charge on any atom is -0.354 e. The number of hydrogen-bond acceptors (Lipinski definition) is 4. The van der Waals surface area contributed by atoms with E-state index in [4.69, 9.17) is 0 Å². The number of amides is 1.